The second kappa shape index (κ2) is 14.4. The molecule has 3 atom stereocenters. The maximum absolute atomic E-state index is 10.6. The molecule has 2 aromatic rings. The summed E-state index contributed by atoms with van der Waals surface area (Å²) in [5.41, 5.74) is 1.11. The molecular formula is C29H41N3O7. The van der Waals surface area contributed by atoms with Crippen LogP contribution in [0, 0.1) is 27.4 Å². The first-order valence-corrected chi connectivity index (χ1v) is 13.0. The van der Waals surface area contributed by atoms with Crippen molar-refractivity contribution in [2.75, 3.05) is 41.5 Å². The molecule has 0 fully saturated rings. The number of methoxy groups -OCH3 is 3. The average Bonchev–Trinajstić information content (AvgIpc) is 2.92. The maximum atomic E-state index is 10.6. The van der Waals surface area contributed by atoms with E-state index in [1.54, 1.807) is 28.3 Å². The van der Waals surface area contributed by atoms with Gasteiger partial charge in [-0.1, -0.05) is 32.9 Å². The van der Waals surface area contributed by atoms with Gasteiger partial charge in [0.2, 0.25) is 0 Å². The largest absolute Gasteiger partial charge is 0.493 e. The average molecular weight is 544 g/mol. The molecule has 2 aromatic carbocycles. The number of nitriles is 1. The molecule has 0 aliphatic heterocycles. The zero-order valence-electron chi connectivity index (χ0n) is 24.2. The zero-order valence-corrected chi connectivity index (χ0v) is 24.2. The zero-order chi connectivity index (χ0) is 29.2. The summed E-state index contributed by atoms with van der Waals surface area (Å²) in [6.07, 6.45) is 0.735. The summed E-state index contributed by atoms with van der Waals surface area (Å²) in [6.45, 7) is 8.51. The first kappa shape index (κ1) is 31.5. The number of hydrogen-bond donors (Lipinski definition) is 0. The minimum Gasteiger partial charge on any atom is -0.493 e. The van der Waals surface area contributed by atoms with Crippen LogP contribution in [0.5, 0.6) is 23.0 Å². The fourth-order valence-corrected chi connectivity index (χ4v) is 5.09. The number of ether oxygens (including phenoxy) is 4. The molecular weight excluding hydrogens is 502 g/mol. The Morgan fingerprint density at radius 3 is 2.15 bits per heavy atom. The summed E-state index contributed by atoms with van der Waals surface area (Å²) < 4.78 is 22.1. The Hall–Kier alpha value is -3.71. The SMILES string of the molecule is CCC(N(C)CCc1ccc(OC)c(OCC(C)O[N+](=O)[O-])c1)C(C#N)(c1ccc(OC)c(OC)c1)C(C)C. The molecule has 0 amide bonds. The normalized spacial score (nSPS) is 14.2. The van der Waals surface area contributed by atoms with Crippen LogP contribution in [0.2, 0.25) is 0 Å². The summed E-state index contributed by atoms with van der Waals surface area (Å²) in [4.78, 5) is 17.3. The number of likely N-dealkylation sites (N-methyl/N-ethyl adjacent to an activating group) is 1. The van der Waals surface area contributed by atoms with Crippen molar-refractivity contribution in [3.05, 3.63) is 57.6 Å². The van der Waals surface area contributed by atoms with Crippen LogP contribution >= 0.6 is 0 Å². The van der Waals surface area contributed by atoms with Gasteiger partial charge in [0, 0.05) is 12.6 Å². The van der Waals surface area contributed by atoms with Crippen molar-refractivity contribution in [3.8, 4) is 29.1 Å². The molecule has 0 aromatic heterocycles. The van der Waals surface area contributed by atoms with Crippen LogP contribution in [0.1, 0.15) is 45.2 Å². The van der Waals surface area contributed by atoms with Gasteiger partial charge in [-0.25, -0.2) is 0 Å². The molecule has 0 saturated carbocycles. The van der Waals surface area contributed by atoms with Gasteiger partial charge in [0.15, 0.2) is 23.0 Å². The number of rotatable bonds is 16. The molecule has 0 saturated heterocycles. The highest BCUT2D eigenvalue weighted by molar-refractivity contribution is 5.48. The third-order valence-electron chi connectivity index (χ3n) is 7.12. The molecule has 0 aliphatic carbocycles. The van der Waals surface area contributed by atoms with Gasteiger partial charge in [-0.05, 0) is 68.1 Å². The summed E-state index contributed by atoms with van der Waals surface area (Å²) in [6, 6.07) is 14.0. The van der Waals surface area contributed by atoms with Gasteiger partial charge in [0.05, 0.1) is 27.4 Å². The molecule has 3 unspecified atom stereocenters. The molecule has 2 rings (SSSR count). The van der Waals surface area contributed by atoms with E-state index in [2.05, 4.69) is 36.6 Å². The molecule has 0 heterocycles. The first-order chi connectivity index (χ1) is 18.6. The van der Waals surface area contributed by atoms with Gasteiger partial charge < -0.3 is 28.7 Å². The smallest absolute Gasteiger partial charge is 0.294 e. The Balaban J connectivity index is 2.29. The fraction of sp³-hybridized carbons (Fsp3) is 0.552. The molecule has 0 N–H and O–H groups in total. The Labute approximate surface area is 231 Å². The maximum Gasteiger partial charge on any atom is 0.294 e. The van der Waals surface area contributed by atoms with Gasteiger partial charge in [-0.2, -0.15) is 5.26 Å². The van der Waals surface area contributed by atoms with Gasteiger partial charge in [0.25, 0.3) is 5.09 Å². The molecule has 214 valence electrons. The Bertz CT molecular complexity index is 1130. The highest BCUT2D eigenvalue weighted by Crippen LogP contribution is 2.42. The van der Waals surface area contributed by atoms with Crippen LogP contribution in [0.4, 0.5) is 0 Å². The second-order valence-electron chi connectivity index (χ2n) is 9.80. The van der Waals surface area contributed by atoms with Crippen molar-refractivity contribution in [3.63, 3.8) is 0 Å². The lowest BCUT2D eigenvalue weighted by Gasteiger charge is -2.43. The molecule has 0 bridgehead atoms. The highest BCUT2D eigenvalue weighted by atomic mass is 17.0. The van der Waals surface area contributed by atoms with Gasteiger partial charge in [-0.15, -0.1) is 10.1 Å². The van der Waals surface area contributed by atoms with Gasteiger partial charge in [0.1, 0.15) is 18.1 Å². The molecule has 10 nitrogen and oxygen atoms in total. The first-order valence-electron chi connectivity index (χ1n) is 13.0. The van der Waals surface area contributed by atoms with Crippen LogP contribution in [-0.4, -0.2) is 63.7 Å². The van der Waals surface area contributed by atoms with Crippen molar-refractivity contribution < 1.29 is 28.9 Å². The molecule has 10 heteroatoms. The van der Waals surface area contributed by atoms with Crippen LogP contribution in [0.15, 0.2) is 36.4 Å². The van der Waals surface area contributed by atoms with E-state index >= 15 is 0 Å². The lowest BCUT2D eigenvalue weighted by molar-refractivity contribution is -0.767. The summed E-state index contributed by atoms with van der Waals surface area (Å²) in [5.74, 6) is 2.26. The van der Waals surface area contributed by atoms with Crippen molar-refractivity contribution >= 4 is 0 Å². The lowest BCUT2D eigenvalue weighted by Crippen LogP contribution is -2.51. The van der Waals surface area contributed by atoms with E-state index in [9.17, 15) is 15.4 Å². The van der Waals surface area contributed by atoms with Crippen molar-refractivity contribution in [2.24, 2.45) is 5.92 Å². The Morgan fingerprint density at radius 2 is 1.62 bits per heavy atom. The Kier molecular flexibility index (Phi) is 11.7. The van der Waals surface area contributed by atoms with Crippen molar-refractivity contribution in [1.82, 2.24) is 4.90 Å². The summed E-state index contributed by atoms with van der Waals surface area (Å²) in [7, 11) is 6.77. The monoisotopic (exact) mass is 543 g/mol. The predicted molar refractivity (Wildman–Crippen MR) is 148 cm³/mol. The number of nitrogens with zero attached hydrogens (tertiary/aromatic N) is 3. The summed E-state index contributed by atoms with van der Waals surface area (Å²) in [5, 5.41) is 20.4. The predicted octanol–water partition coefficient (Wildman–Crippen LogP) is 5.06. The molecule has 39 heavy (non-hydrogen) atoms. The van der Waals surface area contributed by atoms with Crippen LogP contribution in [0.25, 0.3) is 0 Å². The van der Waals surface area contributed by atoms with E-state index in [0.717, 1.165) is 17.5 Å². The van der Waals surface area contributed by atoms with E-state index in [0.29, 0.717) is 36.0 Å². The Morgan fingerprint density at radius 1 is 1.00 bits per heavy atom. The third kappa shape index (κ3) is 7.45. The minimum atomic E-state index is -0.831. The standard InChI is InChI=1S/C29H41N3O7/c1-9-28(29(19-30,20(2)3)23-11-13-24(35-6)26(17-23)37-8)31(5)15-14-22-10-12-25(36-7)27(16-22)38-18-21(4)39-32(33)34/h10-13,16-17,20-21,28H,9,14-15,18H2,1-8H3. The van der Waals surface area contributed by atoms with Crippen LogP contribution in [0.3, 0.4) is 0 Å². The minimum absolute atomic E-state index is 0.00298. The van der Waals surface area contributed by atoms with Gasteiger partial charge in [-0.3, -0.25) is 0 Å². The highest BCUT2D eigenvalue weighted by Gasteiger charge is 2.45. The van der Waals surface area contributed by atoms with E-state index < -0.39 is 16.6 Å². The second-order valence-corrected chi connectivity index (χ2v) is 9.80. The van der Waals surface area contributed by atoms with E-state index in [4.69, 9.17) is 18.9 Å². The van der Waals surface area contributed by atoms with Crippen molar-refractivity contribution in [2.45, 2.75) is 58.1 Å². The van der Waals surface area contributed by atoms with Crippen LogP contribution < -0.4 is 18.9 Å². The number of hydrogen-bond acceptors (Lipinski definition) is 9. The lowest BCUT2D eigenvalue weighted by atomic mass is 9.66. The van der Waals surface area contributed by atoms with Crippen molar-refractivity contribution in [1.29, 1.82) is 5.26 Å². The van der Waals surface area contributed by atoms with E-state index in [-0.39, 0.29) is 18.6 Å². The molecule has 0 aliphatic rings. The quantitative estimate of drug-likeness (QED) is 0.212. The molecule has 0 spiro atoms. The van der Waals surface area contributed by atoms with E-state index in [1.807, 2.05) is 43.4 Å². The topological polar surface area (TPSA) is 116 Å². The van der Waals surface area contributed by atoms with Gasteiger partial charge >= 0.3 is 0 Å². The fourth-order valence-electron chi connectivity index (χ4n) is 5.09. The van der Waals surface area contributed by atoms with Crippen LogP contribution in [-0.2, 0) is 16.7 Å². The summed E-state index contributed by atoms with van der Waals surface area (Å²) >= 11 is 0. The van der Waals surface area contributed by atoms with E-state index in [1.165, 1.54) is 0 Å². The third-order valence-corrected chi connectivity index (χ3v) is 7.12. The number of benzene rings is 2. The molecule has 0 radical (unpaired) electrons.